The number of aryl methyl sites for hydroxylation is 1. The van der Waals surface area contributed by atoms with Crippen molar-refractivity contribution in [2.75, 3.05) is 0 Å². The van der Waals surface area contributed by atoms with E-state index in [9.17, 15) is 8.42 Å². The molecule has 0 radical (unpaired) electrons. The van der Waals surface area contributed by atoms with Gasteiger partial charge in [-0.1, -0.05) is 33.1 Å². The maximum Gasteiger partial charge on any atom is 0.328 e. The second kappa shape index (κ2) is 6.21. The minimum atomic E-state index is -4.23. The molecule has 0 amide bonds. The Bertz CT molecular complexity index is 445. The fourth-order valence-corrected chi connectivity index (χ4v) is 2.69. The molecule has 17 heavy (non-hydrogen) atoms. The van der Waals surface area contributed by atoms with Gasteiger partial charge < -0.3 is 4.42 Å². The SMILES string of the molecule is CCCCCCc1coc(S(=O)(=O)O)c1CC. The van der Waals surface area contributed by atoms with Gasteiger partial charge in [0.15, 0.2) is 0 Å². The molecule has 0 unspecified atom stereocenters. The lowest BCUT2D eigenvalue weighted by atomic mass is 10.0. The average molecular weight is 260 g/mol. The van der Waals surface area contributed by atoms with Crippen LogP contribution in [-0.2, 0) is 23.0 Å². The second-order valence-electron chi connectivity index (χ2n) is 4.17. The molecule has 98 valence electrons. The van der Waals surface area contributed by atoms with E-state index in [1.54, 1.807) is 0 Å². The molecule has 1 heterocycles. The Morgan fingerprint density at radius 1 is 1.24 bits per heavy atom. The van der Waals surface area contributed by atoms with Gasteiger partial charge >= 0.3 is 10.1 Å². The van der Waals surface area contributed by atoms with Gasteiger partial charge in [-0.25, -0.2) is 0 Å². The molecule has 0 aliphatic carbocycles. The van der Waals surface area contributed by atoms with Crippen LogP contribution in [-0.4, -0.2) is 13.0 Å². The summed E-state index contributed by atoms with van der Waals surface area (Å²) >= 11 is 0. The zero-order valence-electron chi connectivity index (χ0n) is 10.4. The van der Waals surface area contributed by atoms with Crippen LogP contribution in [0, 0.1) is 0 Å². The Morgan fingerprint density at radius 2 is 1.94 bits per heavy atom. The quantitative estimate of drug-likeness (QED) is 0.603. The summed E-state index contributed by atoms with van der Waals surface area (Å²) in [6.07, 6.45) is 7.31. The molecule has 0 bridgehead atoms. The zero-order valence-corrected chi connectivity index (χ0v) is 11.2. The normalized spacial score (nSPS) is 11.9. The zero-order chi connectivity index (χ0) is 12.9. The van der Waals surface area contributed by atoms with E-state index in [1.165, 1.54) is 19.1 Å². The van der Waals surface area contributed by atoms with Gasteiger partial charge in [0.25, 0.3) is 0 Å². The topological polar surface area (TPSA) is 67.5 Å². The Kier molecular flexibility index (Phi) is 5.21. The molecule has 0 atom stereocenters. The number of unbranched alkanes of at least 4 members (excludes halogenated alkanes) is 3. The molecule has 0 aliphatic heterocycles. The summed E-state index contributed by atoms with van der Waals surface area (Å²) in [6, 6.07) is 0. The van der Waals surface area contributed by atoms with E-state index < -0.39 is 10.1 Å². The summed E-state index contributed by atoms with van der Waals surface area (Å²) in [7, 11) is -4.23. The highest BCUT2D eigenvalue weighted by molar-refractivity contribution is 7.85. The Hall–Kier alpha value is -0.810. The highest BCUT2D eigenvalue weighted by Gasteiger charge is 2.21. The summed E-state index contributed by atoms with van der Waals surface area (Å²) in [6.45, 7) is 4.00. The fourth-order valence-electron chi connectivity index (χ4n) is 1.94. The van der Waals surface area contributed by atoms with Crippen LogP contribution in [0.15, 0.2) is 15.8 Å². The molecule has 0 aromatic carbocycles. The summed E-state index contributed by atoms with van der Waals surface area (Å²) in [4.78, 5) is 0. The monoisotopic (exact) mass is 260 g/mol. The summed E-state index contributed by atoms with van der Waals surface area (Å²) in [5.41, 5.74) is 1.51. The first-order valence-electron chi connectivity index (χ1n) is 6.07. The molecular formula is C12H20O4S. The van der Waals surface area contributed by atoms with Crippen LogP contribution in [0.4, 0.5) is 0 Å². The second-order valence-corrected chi connectivity index (χ2v) is 5.49. The third-order valence-electron chi connectivity index (χ3n) is 2.83. The van der Waals surface area contributed by atoms with Crippen molar-refractivity contribution in [1.82, 2.24) is 0 Å². The Morgan fingerprint density at radius 3 is 2.47 bits per heavy atom. The molecule has 4 nitrogen and oxygen atoms in total. The molecule has 0 aliphatic rings. The maximum atomic E-state index is 11.1. The minimum Gasteiger partial charge on any atom is -0.450 e. The third kappa shape index (κ3) is 3.85. The van der Waals surface area contributed by atoms with Gasteiger partial charge in [0.1, 0.15) is 0 Å². The van der Waals surface area contributed by atoms with E-state index in [1.807, 2.05) is 6.92 Å². The van der Waals surface area contributed by atoms with Crippen molar-refractivity contribution in [2.45, 2.75) is 57.5 Å². The van der Waals surface area contributed by atoms with Gasteiger partial charge in [-0.05, 0) is 24.8 Å². The molecule has 0 saturated heterocycles. The predicted octanol–water partition coefficient (Wildman–Crippen LogP) is 3.21. The van der Waals surface area contributed by atoms with E-state index in [0.717, 1.165) is 24.8 Å². The van der Waals surface area contributed by atoms with Crippen LogP contribution in [0.25, 0.3) is 0 Å². The minimum absolute atomic E-state index is 0.287. The lowest BCUT2D eigenvalue weighted by Gasteiger charge is -2.01. The Balaban J connectivity index is 2.77. The molecule has 0 fully saturated rings. The Labute approximate surface area is 103 Å². The van der Waals surface area contributed by atoms with Gasteiger partial charge in [-0.3, -0.25) is 4.55 Å². The van der Waals surface area contributed by atoms with E-state index >= 15 is 0 Å². The van der Waals surface area contributed by atoms with E-state index in [-0.39, 0.29) is 5.09 Å². The first-order valence-corrected chi connectivity index (χ1v) is 7.51. The number of furan rings is 1. The van der Waals surface area contributed by atoms with Crippen LogP contribution in [0.1, 0.15) is 50.7 Å². The molecule has 1 aromatic heterocycles. The molecule has 5 heteroatoms. The van der Waals surface area contributed by atoms with Crippen molar-refractivity contribution in [3.63, 3.8) is 0 Å². The summed E-state index contributed by atoms with van der Waals surface area (Å²) in [5, 5.41) is -0.287. The molecule has 1 aromatic rings. The number of hydrogen-bond acceptors (Lipinski definition) is 3. The van der Waals surface area contributed by atoms with Crippen molar-refractivity contribution >= 4 is 10.1 Å². The molecule has 0 saturated carbocycles. The molecular weight excluding hydrogens is 240 g/mol. The van der Waals surface area contributed by atoms with Crippen LogP contribution in [0.5, 0.6) is 0 Å². The molecule has 1 N–H and O–H groups in total. The largest absolute Gasteiger partial charge is 0.450 e. The fraction of sp³-hybridized carbons (Fsp3) is 0.667. The highest BCUT2D eigenvalue weighted by Crippen LogP contribution is 2.24. The number of hydrogen-bond donors (Lipinski definition) is 1. The van der Waals surface area contributed by atoms with E-state index in [4.69, 9.17) is 8.97 Å². The van der Waals surface area contributed by atoms with E-state index in [0.29, 0.717) is 12.0 Å². The molecule has 0 spiro atoms. The van der Waals surface area contributed by atoms with E-state index in [2.05, 4.69) is 6.92 Å². The average Bonchev–Trinajstić information content (AvgIpc) is 2.67. The van der Waals surface area contributed by atoms with Gasteiger partial charge in [0.2, 0.25) is 5.09 Å². The van der Waals surface area contributed by atoms with Crippen LogP contribution < -0.4 is 0 Å². The van der Waals surface area contributed by atoms with Crippen molar-refractivity contribution in [3.05, 3.63) is 17.4 Å². The van der Waals surface area contributed by atoms with Crippen molar-refractivity contribution in [3.8, 4) is 0 Å². The summed E-state index contributed by atoms with van der Waals surface area (Å²) in [5.74, 6) is 0. The van der Waals surface area contributed by atoms with Crippen molar-refractivity contribution < 1.29 is 17.4 Å². The summed E-state index contributed by atoms with van der Waals surface area (Å²) < 4.78 is 36.1. The maximum absolute atomic E-state index is 11.1. The number of rotatable bonds is 7. The van der Waals surface area contributed by atoms with Crippen LogP contribution >= 0.6 is 0 Å². The van der Waals surface area contributed by atoms with Crippen molar-refractivity contribution in [1.29, 1.82) is 0 Å². The standard InChI is InChI=1S/C12H20O4S/c1-3-5-6-7-8-10-9-16-12(11(10)4-2)17(13,14)15/h9H,3-8H2,1-2H3,(H,13,14,15). The molecule has 1 rings (SSSR count). The van der Waals surface area contributed by atoms with Crippen molar-refractivity contribution in [2.24, 2.45) is 0 Å². The lowest BCUT2D eigenvalue weighted by molar-refractivity contribution is 0.403. The van der Waals surface area contributed by atoms with Crippen LogP contribution in [0.3, 0.4) is 0 Å². The first-order chi connectivity index (χ1) is 8.00. The van der Waals surface area contributed by atoms with Gasteiger partial charge in [0.05, 0.1) is 6.26 Å². The lowest BCUT2D eigenvalue weighted by Crippen LogP contribution is -2.01. The first kappa shape index (κ1) is 14.3. The predicted molar refractivity (Wildman–Crippen MR) is 65.7 cm³/mol. The smallest absolute Gasteiger partial charge is 0.328 e. The third-order valence-corrected chi connectivity index (χ3v) is 3.64. The van der Waals surface area contributed by atoms with Gasteiger partial charge in [-0.15, -0.1) is 0 Å². The van der Waals surface area contributed by atoms with Gasteiger partial charge in [0, 0.05) is 5.56 Å². The van der Waals surface area contributed by atoms with Gasteiger partial charge in [-0.2, -0.15) is 8.42 Å². The van der Waals surface area contributed by atoms with Crippen LogP contribution in [0.2, 0.25) is 0 Å². The highest BCUT2D eigenvalue weighted by atomic mass is 32.2.